The van der Waals surface area contributed by atoms with E-state index >= 15 is 0 Å². The van der Waals surface area contributed by atoms with Gasteiger partial charge in [-0.1, -0.05) is 47.6 Å². The maximum absolute atomic E-state index is 12.3. The highest BCUT2D eigenvalue weighted by Gasteiger charge is 2.29. The summed E-state index contributed by atoms with van der Waals surface area (Å²) in [6.45, 7) is 4.01. The zero-order valence-corrected chi connectivity index (χ0v) is 12.7. The highest BCUT2D eigenvalue weighted by molar-refractivity contribution is 6.06. The van der Waals surface area contributed by atoms with Gasteiger partial charge in [-0.2, -0.15) is 0 Å². The predicted molar refractivity (Wildman–Crippen MR) is 87.0 cm³/mol. The fourth-order valence-corrected chi connectivity index (χ4v) is 2.42. The van der Waals surface area contributed by atoms with Crippen LogP contribution in [0.15, 0.2) is 53.7 Å². The SMILES string of the molecule is Cc1cccc(NC(=O)[C@H]2CC(c3ccccc3)=NO2)c1C. The van der Waals surface area contributed by atoms with E-state index in [1.165, 1.54) is 0 Å². The predicted octanol–water partition coefficient (Wildman–Crippen LogP) is 3.44. The van der Waals surface area contributed by atoms with Gasteiger partial charge in [-0.05, 0) is 36.6 Å². The fourth-order valence-electron chi connectivity index (χ4n) is 2.42. The summed E-state index contributed by atoms with van der Waals surface area (Å²) in [4.78, 5) is 17.6. The minimum atomic E-state index is -0.574. The molecule has 0 saturated carbocycles. The summed E-state index contributed by atoms with van der Waals surface area (Å²) in [5.74, 6) is -0.164. The molecule has 2 aromatic rings. The van der Waals surface area contributed by atoms with E-state index < -0.39 is 6.10 Å². The Morgan fingerprint density at radius 1 is 1.14 bits per heavy atom. The molecule has 0 spiro atoms. The number of hydrogen-bond donors (Lipinski definition) is 1. The number of anilines is 1. The summed E-state index contributed by atoms with van der Waals surface area (Å²) in [6, 6.07) is 15.6. The Kier molecular flexibility index (Phi) is 3.92. The lowest BCUT2D eigenvalue weighted by Gasteiger charge is -2.12. The van der Waals surface area contributed by atoms with Gasteiger partial charge in [-0.3, -0.25) is 4.79 Å². The van der Waals surface area contributed by atoms with E-state index in [-0.39, 0.29) is 5.91 Å². The van der Waals surface area contributed by atoms with Gasteiger partial charge in [0.1, 0.15) is 0 Å². The van der Waals surface area contributed by atoms with Gasteiger partial charge < -0.3 is 10.2 Å². The number of hydrogen-bond acceptors (Lipinski definition) is 3. The molecule has 22 heavy (non-hydrogen) atoms. The minimum Gasteiger partial charge on any atom is -0.382 e. The lowest BCUT2D eigenvalue weighted by atomic mass is 10.0. The van der Waals surface area contributed by atoms with Crippen LogP contribution in [-0.4, -0.2) is 17.7 Å². The molecule has 1 aliphatic rings. The van der Waals surface area contributed by atoms with Crippen LogP contribution < -0.4 is 5.32 Å². The summed E-state index contributed by atoms with van der Waals surface area (Å²) in [5.41, 5.74) is 4.83. The number of nitrogens with one attached hydrogen (secondary N) is 1. The van der Waals surface area contributed by atoms with E-state index in [4.69, 9.17) is 4.84 Å². The third-order valence-electron chi connectivity index (χ3n) is 3.93. The van der Waals surface area contributed by atoms with E-state index in [0.29, 0.717) is 6.42 Å². The third kappa shape index (κ3) is 2.86. The molecule has 0 aromatic heterocycles. The normalized spacial score (nSPS) is 16.8. The second-order valence-corrected chi connectivity index (χ2v) is 5.44. The zero-order valence-electron chi connectivity index (χ0n) is 12.7. The molecule has 4 heteroatoms. The molecule has 1 N–H and O–H groups in total. The molecule has 1 heterocycles. The summed E-state index contributed by atoms with van der Waals surface area (Å²) in [6.07, 6.45) is -0.0871. The lowest BCUT2D eigenvalue weighted by molar-refractivity contribution is -0.125. The van der Waals surface area contributed by atoms with Crippen molar-refractivity contribution >= 4 is 17.3 Å². The zero-order chi connectivity index (χ0) is 15.5. The molecule has 112 valence electrons. The number of carbonyl (C=O) groups excluding carboxylic acids is 1. The first-order valence-electron chi connectivity index (χ1n) is 7.30. The first kappa shape index (κ1) is 14.3. The van der Waals surface area contributed by atoms with Crippen LogP contribution in [0.2, 0.25) is 0 Å². The van der Waals surface area contributed by atoms with Crippen LogP contribution in [0.5, 0.6) is 0 Å². The lowest BCUT2D eigenvalue weighted by Crippen LogP contribution is -2.28. The Labute approximate surface area is 129 Å². The second-order valence-electron chi connectivity index (χ2n) is 5.44. The minimum absolute atomic E-state index is 0.164. The van der Waals surface area contributed by atoms with Crippen LogP contribution in [0.25, 0.3) is 0 Å². The van der Waals surface area contributed by atoms with Crippen LogP contribution in [0.4, 0.5) is 5.69 Å². The van der Waals surface area contributed by atoms with Crippen LogP contribution in [0, 0.1) is 13.8 Å². The van der Waals surface area contributed by atoms with Gasteiger partial charge in [0.15, 0.2) is 0 Å². The number of amides is 1. The van der Waals surface area contributed by atoms with E-state index in [9.17, 15) is 4.79 Å². The summed E-state index contributed by atoms with van der Waals surface area (Å²) >= 11 is 0. The van der Waals surface area contributed by atoms with Crippen molar-refractivity contribution in [3.8, 4) is 0 Å². The average Bonchev–Trinajstić information content (AvgIpc) is 3.03. The summed E-state index contributed by atoms with van der Waals surface area (Å²) in [5, 5.41) is 6.97. The quantitative estimate of drug-likeness (QED) is 0.942. The van der Waals surface area contributed by atoms with Crippen molar-refractivity contribution < 1.29 is 9.63 Å². The highest BCUT2D eigenvalue weighted by atomic mass is 16.6. The van der Waals surface area contributed by atoms with Crippen molar-refractivity contribution in [2.75, 3.05) is 5.32 Å². The Balaban J connectivity index is 1.67. The van der Waals surface area contributed by atoms with Gasteiger partial charge in [-0.15, -0.1) is 0 Å². The van der Waals surface area contributed by atoms with Crippen LogP contribution in [0.3, 0.4) is 0 Å². The molecule has 0 aliphatic carbocycles. The van der Waals surface area contributed by atoms with Crippen molar-refractivity contribution in [3.05, 3.63) is 65.2 Å². The van der Waals surface area contributed by atoms with E-state index in [1.54, 1.807) is 0 Å². The molecule has 0 radical (unpaired) electrons. The monoisotopic (exact) mass is 294 g/mol. The number of nitrogens with zero attached hydrogens (tertiary/aromatic N) is 1. The Hall–Kier alpha value is -2.62. The van der Waals surface area contributed by atoms with Gasteiger partial charge >= 0.3 is 0 Å². The summed E-state index contributed by atoms with van der Waals surface area (Å²) in [7, 11) is 0. The van der Waals surface area contributed by atoms with Gasteiger partial charge in [0.2, 0.25) is 6.10 Å². The maximum Gasteiger partial charge on any atom is 0.268 e. The third-order valence-corrected chi connectivity index (χ3v) is 3.93. The molecule has 3 rings (SSSR count). The van der Waals surface area contributed by atoms with Gasteiger partial charge in [0.05, 0.1) is 5.71 Å². The van der Waals surface area contributed by atoms with E-state index in [2.05, 4.69) is 10.5 Å². The molecule has 0 bridgehead atoms. The molecule has 1 aliphatic heterocycles. The molecule has 1 amide bonds. The van der Waals surface area contributed by atoms with Crippen molar-refractivity contribution in [2.45, 2.75) is 26.4 Å². The number of benzene rings is 2. The van der Waals surface area contributed by atoms with Gasteiger partial charge in [-0.25, -0.2) is 0 Å². The topological polar surface area (TPSA) is 50.7 Å². The molecule has 0 fully saturated rings. The average molecular weight is 294 g/mol. The van der Waals surface area contributed by atoms with Crippen molar-refractivity contribution in [1.82, 2.24) is 0 Å². The first-order valence-corrected chi connectivity index (χ1v) is 7.30. The molecule has 4 nitrogen and oxygen atoms in total. The van der Waals surface area contributed by atoms with E-state index in [1.807, 2.05) is 62.4 Å². The van der Waals surface area contributed by atoms with Crippen molar-refractivity contribution in [2.24, 2.45) is 5.16 Å². The van der Waals surface area contributed by atoms with Gasteiger partial charge in [0.25, 0.3) is 5.91 Å². The molecular weight excluding hydrogens is 276 g/mol. The number of oxime groups is 1. The Morgan fingerprint density at radius 3 is 2.68 bits per heavy atom. The van der Waals surface area contributed by atoms with Gasteiger partial charge in [0, 0.05) is 12.1 Å². The second kappa shape index (κ2) is 6.02. The van der Waals surface area contributed by atoms with E-state index in [0.717, 1.165) is 28.1 Å². The molecule has 0 saturated heterocycles. The van der Waals surface area contributed by atoms with Crippen LogP contribution in [0.1, 0.15) is 23.1 Å². The number of carbonyl (C=O) groups is 1. The van der Waals surface area contributed by atoms with Crippen LogP contribution in [-0.2, 0) is 9.63 Å². The first-order chi connectivity index (χ1) is 10.6. The summed E-state index contributed by atoms with van der Waals surface area (Å²) < 4.78 is 0. The molecule has 0 unspecified atom stereocenters. The molecule has 1 atom stereocenters. The number of rotatable bonds is 3. The highest BCUT2D eigenvalue weighted by Crippen LogP contribution is 2.21. The Bertz CT molecular complexity index is 723. The number of aryl methyl sites for hydroxylation is 1. The maximum atomic E-state index is 12.3. The molecule has 2 aromatic carbocycles. The molecular formula is C18H18N2O2. The largest absolute Gasteiger partial charge is 0.382 e. The van der Waals surface area contributed by atoms with Crippen LogP contribution >= 0.6 is 0 Å². The fraction of sp³-hybridized carbons (Fsp3) is 0.222. The Morgan fingerprint density at radius 2 is 1.91 bits per heavy atom. The smallest absolute Gasteiger partial charge is 0.268 e. The van der Waals surface area contributed by atoms with Crippen molar-refractivity contribution in [1.29, 1.82) is 0 Å². The van der Waals surface area contributed by atoms with Crippen molar-refractivity contribution in [3.63, 3.8) is 0 Å². The standard InChI is InChI=1S/C18H18N2O2/c1-12-7-6-10-15(13(12)2)19-18(21)17-11-16(20-22-17)14-8-4-3-5-9-14/h3-10,17H,11H2,1-2H3,(H,19,21)/t17-/m1/s1.